The molecule has 0 nitrogen and oxygen atoms in total. The normalized spacial score (nSPS) is 15.8. The molecular weight excluding hydrogens is 226 g/mol. The van der Waals surface area contributed by atoms with E-state index in [1.54, 1.807) is 0 Å². The van der Waals surface area contributed by atoms with Crippen LogP contribution in [0, 0.1) is 5.92 Å². The third kappa shape index (κ3) is 3.05. The van der Waals surface area contributed by atoms with Crippen molar-refractivity contribution in [1.29, 1.82) is 0 Å². The fourth-order valence-electron chi connectivity index (χ4n) is 1.07. The second-order valence-electron chi connectivity index (χ2n) is 3.01. The van der Waals surface area contributed by atoms with Gasteiger partial charge in [-0.25, -0.2) is 0 Å². The van der Waals surface area contributed by atoms with Crippen molar-refractivity contribution in [3.05, 3.63) is 35.9 Å². The molecule has 0 saturated heterocycles. The molecule has 0 aliphatic rings. The van der Waals surface area contributed by atoms with E-state index in [1.165, 1.54) is 0 Å². The summed E-state index contributed by atoms with van der Waals surface area (Å²) in [5, 5.41) is -0.124. The lowest BCUT2D eigenvalue weighted by Crippen LogP contribution is -2.11. The van der Waals surface area contributed by atoms with Crippen LogP contribution in [0.3, 0.4) is 0 Å². The van der Waals surface area contributed by atoms with Crippen molar-refractivity contribution in [3.63, 3.8) is 0 Å². The minimum atomic E-state index is -0.428. The number of halogens is 3. The van der Waals surface area contributed by atoms with E-state index >= 15 is 0 Å². The summed E-state index contributed by atoms with van der Waals surface area (Å²) in [7, 11) is 0. The van der Waals surface area contributed by atoms with Crippen LogP contribution in [-0.4, -0.2) is 4.84 Å². The SMILES string of the molecule is CC(C(Cl)Cl)C(Cl)c1ccccc1. The Kier molecular flexibility index (Phi) is 4.37. The number of benzene rings is 1. The maximum absolute atomic E-state index is 6.18. The van der Waals surface area contributed by atoms with Gasteiger partial charge in [0.25, 0.3) is 0 Å². The fraction of sp³-hybridized carbons (Fsp3) is 0.400. The average Bonchev–Trinajstić information content (AvgIpc) is 2.17. The zero-order chi connectivity index (χ0) is 9.84. The predicted octanol–water partition coefficient (Wildman–Crippen LogP) is 4.41. The summed E-state index contributed by atoms with van der Waals surface area (Å²) in [5.74, 6) is 0.0485. The van der Waals surface area contributed by atoms with Gasteiger partial charge in [-0.05, 0) is 5.56 Å². The van der Waals surface area contributed by atoms with Crippen molar-refractivity contribution in [2.24, 2.45) is 5.92 Å². The molecule has 13 heavy (non-hydrogen) atoms. The largest absolute Gasteiger partial charge is 0.117 e. The molecular formula is C10H11Cl3. The Morgan fingerprint density at radius 3 is 2.00 bits per heavy atom. The Morgan fingerprint density at radius 2 is 1.54 bits per heavy atom. The second kappa shape index (κ2) is 5.09. The molecule has 0 N–H and O–H groups in total. The highest BCUT2D eigenvalue weighted by atomic mass is 35.5. The number of hydrogen-bond acceptors (Lipinski definition) is 0. The van der Waals surface area contributed by atoms with Crippen LogP contribution in [0.1, 0.15) is 17.9 Å². The molecule has 1 aromatic carbocycles. The second-order valence-corrected chi connectivity index (χ2v) is 4.64. The van der Waals surface area contributed by atoms with Gasteiger partial charge in [-0.3, -0.25) is 0 Å². The Bertz CT molecular complexity index is 246. The summed E-state index contributed by atoms with van der Waals surface area (Å²) >= 11 is 17.7. The molecule has 1 rings (SSSR count). The van der Waals surface area contributed by atoms with Crippen LogP contribution in [0.2, 0.25) is 0 Å². The van der Waals surface area contributed by atoms with Gasteiger partial charge in [0, 0.05) is 5.92 Å². The molecule has 3 heteroatoms. The van der Waals surface area contributed by atoms with E-state index in [0.29, 0.717) is 0 Å². The molecule has 2 atom stereocenters. The Hall–Kier alpha value is 0.0900. The van der Waals surface area contributed by atoms with Crippen LogP contribution in [0.25, 0.3) is 0 Å². The highest BCUT2D eigenvalue weighted by Gasteiger charge is 2.21. The first-order valence-corrected chi connectivity index (χ1v) is 5.41. The number of rotatable bonds is 3. The fourth-order valence-corrected chi connectivity index (χ4v) is 1.80. The molecule has 2 unspecified atom stereocenters. The summed E-state index contributed by atoms with van der Waals surface area (Å²) in [6.07, 6.45) is 0. The molecule has 0 aromatic heterocycles. The molecule has 0 heterocycles. The zero-order valence-corrected chi connectivity index (χ0v) is 9.52. The molecule has 0 fully saturated rings. The van der Waals surface area contributed by atoms with Gasteiger partial charge in [-0.15, -0.1) is 34.8 Å². The molecule has 0 saturated carbocycles. The van der Waals surface area contributed by atoms with Crippen molar-refractivity contribution < 1.29 is 0 Å². The maximum Gasteiger partial charge on any atom is 0.112 e. The van der Waals surface area contributed by atoms with Crippen LogP contribution >= 0.6 is 34.8 Å². The van der Waals surface area contributed by atoms with Gasteiger partial charge in [0.1, 0.15) is 4.84 Å². The molecule has 0 aliphatic carbocycles. The molecule has 0 radical (unpaired) electrons. The average molecular weight is 238 g/mol. The van der Waals surface area contributed by atoms with Crippen LogP contribution in [0.15, 0.2) is 30.3 Å². The Morgan fingerprint density at radius 1 is 1.00 bits per heavy atom. The van der Waals surface area contributed by atoms with Crippen molar-refractivity contribution in [2.75, 3.05) is 0 Å². The lowest BCUT2D eigenvalue weighted by Gasteiger charge is -2.18. The quantitative estimate of drug-likeness (QED) is 0.683. The van der Waals surface area contributed by atoms with E-state index in [0.717, 1.165) is 5.56 Å². The van der Waals surface area contributed by atoms with Gasteiger partial charge in [0.2, 0.25) is 0 Å². The molecule has 0 aliphatic heterocycles. The van der Waals surface area contributed by atoms with Crippen molar-refractivity contribution in [2.45, 2.75) is 17.1 Å². The van der Waals surface area contributed by atoms with Gasteiger partial charge < -0.3 is 0 Å². The first-order valence-electron chi connectivity index (χ1n) is 4.10. The summed E-state index contributed by atoms with van der Waals surface area (Å²) < 4.78 is 0. The van der Waals surface area contributed by atoms with E-state index < -0.39 is 4.84 Å². The summed E-state index contributed by atoms with van der Waals surface area (Å²) in [6.45, 7) is 1.94. The first-order chi connectivity index (χ1) is 6.13. The van der Waals surface area contributed by atoms with Crippen molar-refractivity contribution in [1.82, 2.24) is 0 Å². The van der Waals surface area contributed by atoms with Crippen molar-refractivity contribution in [3.8, 4) is 0 Å². The lowest BCUT2D eigenvalue weighted by atomic mass is 10.0. The Labute approximate surface area is 93.8 Å². The summed E-state index contributed by atoms with van der Waals surface area (Å²) in [4.78, 5) is -0.428. The van der Waals surface area contributed by atoms with Gasteiger partial charge >= 0.3 is 0 Å². The molecule has 0 bridgehead atoms. The third-order valence-corrected chi connectivity index (χ3v) is 3.42. The predicted molar refractivity (Wildman–Crippen MR) is 59.7 cm³/mol. The zero-order valence-electron chi connectivity index (χ0n) is 7.25. The molecule has 1 aromatic rings. The number of alkyl halides is 3. The van der Waals surface area contributed by atoms with Gasteiger partial charge in [0.15, 0.2) is 0 Å². The third-order valence-electron chi connectivity index (χ3n) is 1.98. The van der Waals surface area contributed by atoms with E-state index in [-0.39, 0.29) is 11.3 Å². The molecule has 72 valence electrons. The lowest BCUT2D eigenvalue weighted by molar-refractivity contribution is 0.604. The smallest absolute Gasteiger partial charge is 0.112 e. The highest BCUT2D eigenvalue weighted by molar-refractivity contribution is 6.44. The van der Waals surface area contributed by atoms with E-state index in [9.17, 15) is 0 Å². The molecule has 0 amide bonds. The number of hydrogen-bond donors (Lipinski definition) is 0. The highest BCUT2D eigenvalue weighted by Crippen LogP contribution is 2.34. The van der Waals surface area contributed by atoms with Gasteiger partial charge in [-0.1, -0.05) is 37.3 Å². The molecule has 0 spiro atoms. The van der Waals surface area contributed by atoms with Crippen LogP contribution < -0.4 is 0 Å². The Balaban J connectivity index is 2.73. The van der Waals surface area contributed by atoms with Gasteiger partial charge in [-0.2, -0.15) is 0 Å². The summed E-state index contributed by atoms with van der Waals surface area (Å²) in [5.41, 5.74) is 1.06. The van der Waals surface area contributed by atoms with Crippen molar-refractivity contribution >= 4 is 34.8 Å². The summed E-state index contributed by atoms with van der Waals surface area (Å²) in [6, 6.07) is 9.81. The minimum Gasteiger partial charge on any atom is -0.117 e. The topological polar surface area (TPSA) is 0 Å². The minimum absolute atomic E-state index is 0.0485. The monoisotopic (exact) mass is 236 g/mol. The van der Waals surface area contributed by atoms with E-state index in [1.807, 2.05) is 37.3 Å². The van der Waals surface area contributed by atoms with E-state index in [4.69, 9.17) is 34.8 Å². The standard InChI is InChI=1S/C10H11Cl3/c1-7(10(12)13)9(11)8-5-3-2-4-6-8/h2-7,9-10H,1H3. The van der Waals surface area contributed by atoms with Gasteiger partial charge in [0.05, 0.1) is 5.38 Å². The first kappa shape index (κ1) is 11.2. The van der Waals surface area contributed by atoms with Crippen LogP contribution in [-0.2, 0) is 0 Å². The van der Waals surface area contributed by atoms with Crippen LogP contribution in [0.4, 0.5) is 0 Å². The van der Waals surface area contributed by atoms with Crippen LogP contribution in [0.5, 0.6) is 0 Å². The van der Waals surface area contributed by atoms with E-state index in [2.05, 4.69) is 0 Å². The maximum atomic E-state index is 6.18.